The number of benzene rings is 2. The molecule has 2 saturated heterocycles. The molecule has 0 saturated carbocycles. The number of carboxylic acid groups (broad SMARTS) is 1. The number of halogens is 3. The van der Waals surface area contributed by atoms with Gasteiger partial charge in [0.1, 0.15) is 5.75 Å². The molecule has 2 fully saturated rings. The Morgan fingerprint density at radius 2 is 1.68 bits per heavy atom. The van der Waals surface area contributed by atoms with Gasteiger partial charge >= 0.3 is 18.5 Å². The highest BCUT2D eigenvalue weighted by molar-refractivity contribution is 5.86. The van der Waals surface area contributed by atoms with Crippen molar-refractivity contribution in [3.05, 3.63) is 59.7 Å². The van der Waals surface area contributed by atoms with Crippen LogP contribution in [0.25, 0.3) is 0 Å². The molecule has 11 heteroatoms. The van der Waals surface area contributed by atoms with Crippen molar-refractivity contribution in [3.8, 4) is 5.75 Å². The molecule has 0 aromatic heterocycles. The van der Waals surface area contributed by atoms with E-state index in [1.165, 1.54) is 17.0 Å². The van der Waals surface area contributed by atoms with Gasteiger partial charge in [0.15, 0.2) is 0 Å². The van der Waals surface area contributed by atoms with E-state index in [0.29, 0.717) is 51.5 Å². The number of nitrogens with zero attached hydrogens (tertiary/aromatic N) is 3. The molecule has 4 rings (SSSR count). The van der Waals surface area contributed by atoms with Crippen molar-refractivity contribution in [2.45, 2.75) is 25.6 Å². The zero-order valence-corrected chi connectivity index (χ0v) is 20.5. The Morgan fingerprint density at radius 3 is 2.27 bits per heavy atom. The van der Waals surface area contributed by atoms with Crippen LogP contribution in [0.1, 0.15) is 23.5 Å². The summed E-state index contributed by atoms with van der Waals surface area (Å²) in [6, 6.07) is 12.7. The molecule has 8 nitrogen and oxygen atoms in total. The Bertz CT molecular complexity index is 1070. The van der Waals surface area contributed by atoms with E-state index in [2.05, 4.69) is 4.74 Å². The van der Waals surface area contributed by atoms with Crippen molar-refractivity contribution in [2.75, 3.05) is 50.8 Å². The second-order valence-corrected chi connectivity index (χ2v) is 9.43. The molecule has 2 aliphatic rings. The van der Waals surface area contributed by atoms with Crippen LogP contribution in [0.4, 0.5) is 28.4 Å². The number of amides is 3. The van der Waals surface area contributed by atoms with Crippen molar-refractivity contribution < 1.29 is 37.3 Å². The number of urea groups is 1. The molecule has 3 amide bonds. The van der Waals surface area contributed by atoms with E-state index in [1.54, 1.807) is 34.1 Å². The number of likely N-dealkylation sites (tertiary alicyclic amines) is 1. The van der Waals surface area contributed by atoms with Gasteiger partial charge in [-0.2, -0.15) is 0 Å². The number of ether oxygens (including phenoxy) is 2. The Labute approximate surface area is 213 Å². The summed E-state index contributed by atoms with van der Waals surface area (Å²) in [5.74, 6) is -0.689. The van der Waals surface area contributed by atoms with Crippen molar-refractivity contribution in [2.24, 2.45) is 5.92 Å². The maximum Gasteiger partial charge on any atom is 0.573 e. The van der Waals surface area contributed by atoms with Crippen LogP contribution in [0.15, 0.2) is 48.5 Å². The molecule has 0 bridgehead atoms. The fourth-order valence-electron chi connectivity index (χ4n) is 4.91. The Balaban J connectivity index is 1.56. The number of rotatable bonds is 5. The lowest BCUT2D eigenvalue weighted by Crippen LogP contribution is -2.53. The van der Waals surface area contributed by atoms with Crippen LogP contribution in [0.2, 0.25) is 0 Å². The number of piperidine rings is 1. The summed E-state index contributed by atoms with van der Waals surface area (Å²) in [4.78, 5) is 30.2. The third-order valence-corrected chi connectivity index (χ3v) is 6.69. The van der Waals surface area contributed by atoms with Gasteiger partial charge in [-0.3, -0.25) is 4.90 Å². The molecule has 200 valence electrons. The third kappa shape index (κ3) is 7.06. The fraction of sp³-hybridized carbons (Fsp3) is 0.462. The Hall–Kier alpha value is -3.47. The molecule has 2 atom stereocenters. The standard InChI is InChI=1S/C26H30F3N3O5/c1-18-2-6-22(7-3-18)32(25(34)35)16-19-14-21(20-4-8-23(9-5-20)37-26(27,28)29)17-31(15-19)24(33)30-10-12-36-13-11-30/h2-9,19,21H,10-17H2,1H3,(H,34,35). The number of alkyl halides is 3. The molecule has 1 N–H and O–H groups in total. The van der Waals surface area contributed by atoms with E-state index in [-0.39, 0.29) is 30.2 Å². The number of morpholine rings is 1. The van der Waals surface area contributed by atoms with Crippen LogP contribution >= 0.6 is 0 Å². The number of carbonyl (C=O) groups excluding carboxylic acids is 1. The van der Waals surface area contributed by atoms with Gasteiger partial charge in [0.25, 0.3) is 0 Å². The minimum absolute atomic E-state index is 0.146. The number of anilines is 1. The highest BCUT2D eigenvalue weighted by atomic mass is 19.4. The molecular weight excluding hydrogens is 491 g/mol. The number of hydrogen-bond donors (Lipinski definition) is 1. The lowest BCUT2D eigenvalue weighted by Gasteiger charge is -2.42. The summed E-state index contributed by atoms with van der Waals surface area (Å²) >= 11 is 0. The number of carbonyl (C=O) groups is 2. The highest BCUT2D eigenvalue weighted by Crippen LogP contribution is 2.34. The van der Waals surface area contributed by atoms with Crippen LogP contribution in [-0.4, -0.2) is 79.3 Å². The quantitative estimate of drug-likeness (QED) is 0.603. The molecular formula is C26H30F3N3O5. The molecule has 0 aliphatic carbocycles. The first-order chi connectivity index (χ1) is 17.6. The summed E-state index contributed by atoms with van der Waals surface area (Å²) in [6.45, 7) is 4.69. The van der Waals surface area contributed by atoms with Crippen molar-refractivity contribution >= 4 is 17.8 Å². The fourth-order valence-corrected chi connectivity index (χ4v) is 4.91. The summed E-state index contributed by atoms with van der Waals surface area (Å²) in [5.41, 5.74) is 2.31. The average molecular weight is 522 g/mol. The van der Waals surface area contributed by atoms with Gasteiger partial charge in [0.05, 0.1) is 13.2 Å². The lowest BCUT2D eigenvalue weighted by atomic mass is 9.84. The minimum Gasteiger partial charge on any atom is -0.465 e. The van der Waals surface area contributed by atoms with Gasteiger partial charge in [0.2, 0.25) is 0 Å². The zero-order valence-electron chi connectivity index (χ0n) is 20.5. The molecule has 2 aromatic rings. The summed E-state index contributed by atoms with van der Waals surface area (Å²) in [7, 11) is 0. The Kier molecular flexibility index (Phi) is 8.11. The van der Waals surface area contributed by atoms with Crippen LogP contribution in [0, 0.1) is 12.8 Å². The number of hydrogen-bond acceptors (Lipinski definition) is 4. The first kappa shape index (κ1) is 26.6. The highest BCUT2D eigenvalue weighted by Gasteiger charge is 2.35. The molecule has 2 aromatic carbocycles. The smallest absolute Gasteiger partial charge is 0.465 e. The molecule has 2 unspecified atom stereocenters. The van der Waals surface area contributed by atoms with E-state index in [0.717, 1.165) is 11.1 Å². The van der Waals surface area contributed by atoms with Crippen LogP contribution in [-0.2, 0) is 4.74 Å². The lowest BCUT2D eigenvalue weighted by molar-refractivity contribution is -0.274. The maximum absolute atomic E-state index is 13.3. The average Bonchev–Trinajstić information content (AvgIpc) is 2.87. The first-order valence-electron chi connectivity index (χ1n) is 12.1. The molecule has 0 spiro atoms. The monoisotopic (exact) mass is 521 g/mol. The number of aryl methyl sites for hydroxylation is 1. The van der Waals surface area contributed by atoms with E-state index in [4.69, 9.17) is 4.74 Å². The van der Waals surface area contributed by atoms with Crippen molar-refractivity contribution in [1.29, 1.82) is 0 Å². The summed E-state index contributed by atoms with van der Waals surface area (Å²) < 4.78 is 47.1. The predicted octanol–water partition coefficient (Wildman–Crippen LogP) is 4.94. The van der Waals surface area contributed by atoms with E-state index in [1.807, 2.05) is 19.1 Å². The van der Waals surface area contributed by atoms with Gasteiger partial charge in [-0.25, -0.2) is 9.59 Å². The largest absolute Gasteiger partial charge is 0.573 e. The maximum atomic E-state index is 13.3. The van der Waals surface area contributed by atoms with E-state index < -0.39 is 12.5 Å². The second-order valence-electron chi connectivity index (χ2n) is 9.43. The molecule has 2 heterocycles. The normalized spacial score (nSPS) is 20.4. The molecule has 37 heavy (non-hydrogen) atoms. The predicted molar refractivity (Wildman–Crippen MR) is 130 cm³/mol. The molecule has 2 aliphatic heterocycles. The van der Waals surface area contributed by atoms with Crippen molar-refractivity contribution in [3.63, 3.8) is 0 Å². The van der Waals surface area contributed by atoms with Gasteiger partial charge in [-0.05, 0) is 49.1 Å². The second kappa shape index (κ2) is 11.3. The Morgan fingerprint density at radius 1 is 1.03 bits per heavy atom. The molecule has 0 radical (unpaired) electrons. The van der Waals surface area contributed by atoms with Gasteiger partial charge < -0.3 is 24.4 Å². The third-order valence-electron chi connectivity index (χ3n) is 6.69. The topological polar surface area (TPSA) is 82.5 Å². The van der Waals surface area contributed by atoms with Gasteiger partial charge in [-0.1, -0.05) is 29.8 Å². The van der Waals surface area contributed by atoms with E-state index >= 15 is 0 Å². The van der Waals surface area contributed by atoms with Gasteiger partial charge in [-0.15, -0.1) is 13.2 Å². The van der Waals surface area contributed by atoms with Crippen LogP contribution in [0.5, 0.6) is 5.75 Å². The summed E-state index contributed by atoms with van der Waals surface area (Å²) in [6.07, 6.45) is -5.30. The summed E-state index contributed by atoms with van der Waals surface area (Å²) in [5, 5.41) is 9.93. The first-order valence-corrected chi connectivity index (χ1v) is 12.1. The van der Waals surface area contributed by atoms with Crippen LogP contribution < -0.4 is 9.64 Å². The van der Waals surface area contributed by atoms with Crippen molar-refractivity contribution in [1.82, 2.24) is 9.80 Å². The minimum atomic E-state index is -4.78. The zero-order chi connectivity index (χ0) is 26.6. The van der Waals surface area contributed by atoms with Crippen LogP contribution in [0.3, 0.4) is 0 Å². The SMILES string of the molecule is Cc1ccc(N(CC2CC(c3ccc(OC(F)(F)F)cc3)CN(C(=O)N3CCOCC3)C2)C(=O)O)cc1. The van der Waals surface area contributed by atoms with E-state index in [9.17, 15) is 27.9 Å². The van der Waals surface area contributed by atoms with Gasteiger partial charge in [0, 0.05) is 44.3 Å².